The summed E-state index contributed by atoms with van der Waals surface area (Å²) in [5.41, 5.74) is 5.37. The van der Waals surface area contributed by atoms with Gasteiger partial charge >= 0.3 is 5.97 Å². The molecule has 0 aliphatic heterocycles. The molecular weight excluding hydrogens is 253 g/mol. The normalized spacial score (nSPS) is 12.5. The Morgan fingerprint density at radius 2 is 2.29 bits per heavy atom. The van der Waals surface area contributed by atoms with Crippen LogP contribution in [0.5, 0.6) is 0 Å². The minimum absolute atomic E-state index is 0.0995. The third kappa shape index (κ3) is 2.10. The summed E-state index contributed by atoms with van der Waals surface area (Å²) in [4.78, 5) is 10.8. The van der Waals surface area contributed by atoms with Crippen LogP contribution in [-0.4, -0.2) is 17.6 Å². The van der Waals surface area contributed by atoms with Gasteiger partial charge in [0.1, 0.15) is 5.82 Å². The van der Waals surface area contributed by atoms with Crippen molar-refractivity contribution in [3.8, 4) is 0 Å². The van der Waals surface area contributed by atoms with Crippen LogP contribution in [0.1, 0.15) is 11.5 Å². The summed E-state index contributed by atoms with van der Waals surface area (Å²) in [7, 11) is 0. The number of nitrogens with two attached hydrogens (primary N) is 1. The fraction of sp³-hybridized carbons (Fsp3) is 0.222. The van der Waals surface area contributed by atoms with E-state index in [0.29, 0.717) is 4.47 Å². The van der Waals surface area contributed by atoms with E-state index in [4.69, 9.17) is 10.8 Å². The maximum Gasteiger partial charge on any atom is 0.312 e. The summed E-state index contributed by atoms with van der Waals surface area (Å²) < 4.78 is 13.7. The Morgan fingerprint density at radius 3 is 2.71 bits per heavy atom. The van der Waals surface area contributed by atoms with Crippen molar-refractivity contribution in [3.63, 3.8) is 0 Å². The fourth-order valence-electron chi connectivity index (χ4n) is 1.19. The summed E-state index contributed by atoms with van der Waals surface area (Å²) in [5, 5.41) is 8.81. The molecule has 0 aliphatic rings. The van der Waals surface area contributed by atoms with Crippen molar-refractivity contribution in [2.75, 3.05) is 6.54 Å². The zero-order valence-corrected chi connectivity index (χ0v) is 8.79. The molecule has 0 aliphatic carbocycles. The molecule has 0 bridgehead atoms. The molecule has 14 heavy (non-hydrogen) atoms. The van der Waals surface area contributed by atoms with Crippen LogP contribution in [-0.2, 0) is 4.79 Å². The highest BCUT2D eigenvalue weighted by atomic mass is 79.9. The van der Waals surface area contributed by atoms with Gasteiger partial charge in [-0.25, -0.2) is 4.39 Å². The summed E-state index contributed by atoms with van der Waals surface area (Å²) in [6, 6.07) is 4.30. The highest BCUT2D eigenvalue weighted by Gasteiger charge is 2.23. The Bertz CT molecular complexity index is 336. The van der Waals surface area contributed by atoms with Crippen LogP contribution in [0.4, 0.5) is 4.39 Å². The second-order valence-corrected chi connectivity index (χ2v) is 3.62. The van der Waals surface area contributed by atoms with Crippen LogP contribution >= 0.6 is 15.9 Å². The highest BCUT2D eigenvalue weighted by Crippen LogP contribution is 2.27. The van der Waals surface area contributed by atoms with E-state index < -0.39 is 17.7 Å². The number of hydrogen-bond donors (Lipinski definition) is 2. The Morgan fingerprint density at radius 1 is 1.64 bits per heavy atom. The van der Waals surface area contributed by atoms with Crippen molar-refractivity contribution in [3.05, 3.63) is 34.1 Å². The lowest BCUT2D eigenvalue weighted by atomic mass is 9.99. The van der Waals surface area contributed by atoms with Crippen LogP contribution in [0.15, 0.2) is 22.7 Å². The van der Waals surface area contributed by atoms with Crippen molar-refractivity contribution >= 4 is 21.9 Å². The Balaban J connectivity index is 3.22. The molecule has 1 atom stereocenters. The maximum absolute atomic E-state index is 13.3. The van der Waals surface area contributed by atoms with E-state index in [1.54, 1.807) is 6.07 Å². The Labute approximate surface area is 88.9 Å². The first-order chi connectivity index (χ1) is 6.57. The Kier molecular flexibility index (Phi) is 3.60. The van der Waals surface area contributed by atoms with Crippen LogP contribution in [0.25, 0.3) is 0 Å². The van der Waals surface area contributed by atoms with Gasteiger partial charge in [0.25, 0.3) is 0 Å². The van der Waals surface area contributed by atoms with Crippen LogP contribution < -0.4 is 5.73 Å². The quantitative estimate of drug-likeness (QED) is 0.871. The van der Waals surface area contributed by atoms with Crippen LogP contribution in [0, 0.1) is 5.82 Å². The smallest absolute Gasteiger partial charge is 0.312 e. The van der Waals surface area contributed by atoms with Crippen molar-refractivity contribution in [1.29, 1.82) is 0 Å². The van der Waals surface area contributed by atoms with Gasteiger partial charge in [0.15, 0.2) is 0 Å². The third-order valence-electron chi connectivity index (χ3n) is 1.88. The number of carboxylic acids is 1. The van der Waals surface area contributed by atoms with E-state index in [-0.39, 0.29) is 12.1 Å². The molecule has 0 fully saturated rings. The van der Waals surface area contributed by atoms with Gasteiger partial charge in [-0.15, -0.1) is 0 Å². The second-order valence-electron chi connectivity index (χ2n) is 2.76. The molecular formula is C9H9BrFNO2. The van der Waals surface area contributed by atoms with Gasteiger partial charge in [-0.3, -0.25) is 4.79 Å². The molecule has 0 amide bonds. The zero-order valence-electron chi connectivity index (χ0n) is 7.21. The number of aliphatic carboxylic acids is 1. The number of rotatable bonds is 3. The first-order valence-corrected chi connectivity index (χ1v) is 4.74. The number of benzene rings is 1. The van der Waals surface area contributed by atoms with E-state index in [1.807, 2.05) is 0 Å². The van der Waals surface area contributed by atoms with E-state index in [9.17, 15) is 9.18 Å². The van der Waals surface area contributed by atoms with Gasteiger partial charge < -0.3 is 10.8 Å². The molecule has 3 N–H and O–H groups in total. The van der Waals surface area contributed by atoms with Crippen molar-refractivity contribution in [2.45, 2.75) is 5.92 Å². The molecule has 0 saturated heterocycles. The SMILES string of the molecule is NCC(C(=O)O)c1c(F)cccc1Br. The van der Waals surface area contributed by atoms with E-state index >= 15 is 0 Å². The first-order valence-electron chi connectivity index (χ1n) is 3.94. The van der Waals surface area contributed by atoms with Gasteiger partial charge in [0.05, 0.1) is 5.92 Å². The second kappa shape index (κ2) is 4.52. The summed E-state index contributed by atoms with van der Waals surface area (Å²) >= 11 is 3.10. The van der Waals surface area contributed by atoms with Gasteiger partial charge in [-0.2, -0.15) is 0 Å². The number of carboxylic acid groups (broad SMARTS) is 1. The predicted molar refractivity (Wildman–Crippen MR) is 53.5 cm³/mol. The van der Waals surface area contributed by atoms with E-state index in [1.165, 1.54) is 12.1 Å². The molecule has 1 aromatic rings. The first kappa shape index (κ1) is 11.1. The maximum atomic E-state index is 13.3. The molecule has 0 aromatic heterocycles. The molecule has 0 saturated carbocycles. The zero-order chi connectivity index (χ0) is 10.7. The van der Waals surface area contributed by atoms with Crippen LogP contribution in [0.3, 0.4) is 0 Å². The minimum atomic E-state index is -1.13. The molecule has 0 heterocycles. The molecule has 1 aromatic carbocycles. The average molecular weight is 262 g/mol. The van der Waals surface area contributed by atoms with Gasteiger partial charge in [0.2, 0.25) is 0 Å². The lowest BCUT2D eigenvalue weighted by molar-refractivity contribution is -0.138. The minimum Gasteiger partial charge on any atom is -0.481 e. The number of hydrogen-bond acceptors (Lipinski definition) is 2. The summed E-state index contributed by atoms with van der Waals surface area (Å²) in [6.07, 6.45) is 0. The van der Waals surface area contributed by atoms with Crippen molar-refractivity contribution < 1.29 is 14.3 Å². The Hall–Kier alpha value is -0.940. The third-order valence-corrected chi connectivity index (χ3v) is 2.57. The average Bonchev–Trinajstić information content (AvgIpc) is 2.10. The molecule has 5 heteroatoms. The van der Waals surface area contributed by atoms with Crippen molar-refractivity contribution in [2.24, 2.45) is 5.73 Å². The van der Waals surface area contributed by atoms with Crippen molar-refractivity contribution in [1.82, 2.24) is 0 Å². The lowest BCUT2D eigenvalue weighted by Gasteiger charge is -2.12. The topological polar surface area (TPSA) is 63.3 Å². The van der Waals surface area contributed by atoms with Crippen LogP contribution in [0.2, 0.25) is 0 Å². The molecule has 0 spiro atoms. The van der Waals surface area contributed by atoms with Gasteiger partial charge in [0, 0.05) is 16.6 Å². The monoisotopic (exact) mass is 261 g/mol. The van der Waals surface area contributed by atoms with E-state index in [2.05, 4.69) is 15.9 Å². The molecule has 76 valence electrons. The fourth-order valence-corrected chi connectivity index (χ4v) is 1.80. The van der Waals surface area contributed by atoms with E-state index in [0.717, 1.165) is 0 Å². The predicted octanol–water partition coefficient (Wildman–Crippen LogP) is 1.72. The van der Waals surface area contributed by atoms with Gasteiger partial charge in [-0.05, 0) is 12.1 Å². The summed E-state index contributed by atoms with van der Waals surface area (Å²) in [6.45, 7) is -0.130. The molecule has 0 radical (unpaired) electrons. The standard InChI is InChI=1S/C9H9BrFNO2/c10-6-2-1-3-7(11)8(6)5(4-12)9(13)14/h1-3,5H,4,12H2,(H,13,14). The summed E-state index contributed by atoms with van der Waals surface area (Å²) in [5.74, 6) is -2.69. The van der Waals surface area contributed by atoms with Gasteiger partial charge in [-0.1, -0.05) is 22.0 Å². The number of carbonyl (C=O) groups is 1. The largest absolute Gasteiger partial charge is 0.481 e. The number of halogens is 2. The highest BCUT2D eigenvalue weighted by molar-refractivity contribution is 9.10. The molecule has 3 nitrogen and oxygen atoms in total. The molecule has 1 unspecified atom stereocenters. The molecule has 1 rings (SSSR count). The lowest BCUT2D eigenvalue weighted by Crippen LogP contribution is -2.22.